The number of likely N-dealkylation sites (tertiary alicyclic amines) is 1. The van der Waals surface area contributed by atoms with Crippen LogP contribution in [0.1, 0.15) is 81.4 Å². The number of rotatable bonds is 5. The number of nitrogens with one attached hydrogen (secondary N) is 2. The minimum atomic E-state index is -4.59. The van der Waals surface area contributed by atoms with Crippen molar-refractivity contribution < 1.29 is 18.0 Å². The number of pyridine rings is 1. The Morgan fingerprint density at radius 1 is 1.08 bits per heavy atom. The van der Waals surface area contributed by atoms with Crippen LogP contribution in [-0.4, -0.2) is 57.6 Å². The molecule has 2 aliphatic carbocycles. The number of carbonyl (C=O) groups excluding carboxylic acids is 1. The molecule has 2 saturated heterocycles. The first-order chi connectivity index (χ1) is 18.6. The molecule has 5 atom stereocenters. The van der Waals surface area contributed by atoms with Crippen molar-refractivity contribution in [2.24, 2.45) is 17.8 Å². The number of hydrazine groups is 1. The number of hydrogen-bond acceptors (Lipinski definition) is 5. The molecule has 214 valence electrons. The van der Waals surface area contributed by atoms with E-state index in [0.717, 1.165) is 32.4 Å². The summed E-state index contributed by atoms with van der Waals surface area (Å²) >= 11 is 0. The average Bonchev–Trinajstić information content (AvgIpc) is 3.59. The average molecular weight is 549 g/mol. The molecule has 2 aromatic heterocycles. The third-order valence-corrected chi connectivity index (χ3v) is 9.96. The Kier molecular flexibility index (Phi) is 7.04. The second-order valence-electron chi connectivity index (χ2n) is 12.2. The van der Waals surface area contributed by atoms with Gasteiger partial charge in [0.1, 0.15) is 0 Å². The highest BCUT2D eigenvalue weighted by Crippen LogP contribution is 2.47. The number of alkyl halides is 3. The van der Waals surface area contributed by atoms with E-state index in [-0.39, 0.29) is 29.5 Å². The number of fused-ring (bicyclic) bond motifs is 1. The monoisotopic (exact) mass is 548 g/mol. The van der Waals surface area contributed by atoms with E-state index in [0.29, 0.717) is 42.8 Å². The molecule has 3 unspecified atom stereocenters. The number of amides is 1. The lowest BCUT2D eigenvalue weighted by atomic mass is 9.65. The van der Waals surface area contributed by atoms with E-state index in [1.54, 1.807) is 15.7 Å². The Labute approximate surface area is 226 Å². The van der Waals surface area contributed by atoms with Gasteiger partial charge in [-0.1, -0.05) is 25.7 Å². The molecule has 0 spiro atoms. The Morgan fingerprint density at radius 2 is 1.82 bits per heavy atom. The number of halogens is 3. The number of hydrogen-bond donors (Lipinski definition) is 2. The summed E-state index contributed by atoms with van der Waals surface area (Å²) < 4.78 is 45.6. The zero-order valence-corrected chi connectivity index (χ0v) is 22.7. The molecular formula is C28H39F3N6O2. The van der Waals surface area contributed by atoms with Crippen molar-refractivity contribution in [2.45, 2.75) is 82.6 Å². The second-order valence-corrected chi connectivity index (χ2v) is 12.2. The Balaban J connectivity index is 1.33. The summed E-state index contributed by atoms with van der Waals surface area (Å²) in [5.41, 5.74) is 5.92. The van der Waals surface area contributed by atoms with Gasteiger partial charge in [0.2, 0.25) is 5.91 Å². The SMILES string of the molecule is CC(=O)N1CC[C@@H](c2cc(C(F)(F)F)c3cn(C4CCCC([C@@H](C5CCC5)C5NNCN5C)C4)c(=O)n3c2)C1. The lowest BCUT2D eigenvalue weighted by Crippen LogP contribution is -2.50. The molecule has 11 heteroatoms. The van der Waals surface area contributed by atoms with Gasteiger partial charge in [0.25, 0.3) is 0 Å². The fourth-order valence-corrected chi connectivity index (χ4v) is 7.66. The van der Waals surface area contributed by atoms with Crippen molar-refractivity contribution in [1.29, 1.82) is 0 Å². The highest BCUT2D eigenvalue weighted by atomic mass is 19.4. The number of imidazole rings is 1. The van der Waals surface area contributed by atoms with Crippen molar-refractivity contribution in [3.05, 3.63) is 40.1 Å². The zero-order chi connectivity index (χ0) is 27.5. The minimum absolute atomic E-state index is 0.0835. The third kappa shape index (κ3) is 4.91. The fourth-order valence-electron chi connectivity index (χ4n) is 7.66. The van der Waals surface area contributed by atoms with Gasteiger partial charge in [0.15, 0.2) is 0 Å². The lowest BCUT2D eigenvalue weighted by Gasteiger charge is -2.46. The van der Waals surface area contributed by atoms with Crippen LogP contribution in [0.15, 0.2) is 23.3 Å². The van der Waals surface area contributed by atoms with Gasteiger partial charge in [-0.2, -0.15) is 13.2 Å². The van der Waals surface area contributed by atoms with Crippen molar-refractivity contribution in [3.63, 3.8) is 0 Å². The molecule has 8 nitrogen and oxygen atoms in total. The Morgan fingerprint density at radius 3 is 2.44 bits per heavy atom. The maximum atomic E-state index is 14.3. The fraction of sp³-hybridized carbons (Fsp3) is 0.714. The predicted octanol–water partition coefficient (Wildman–Crippen LogP) is 3.93. The lowest BCUT2D eigenvalue weighted by molar-refractivity contribution is -0.136. The first kappa shape index (κ1) is 26.8. The normalized spacial score (nSPS) is 29.7. The molecule has 2 saturated carbocycles. The quantitative estimate of drug-likeness (QED) is 0.593. The highest BCUT2D eigenvalue weighted by molar-refractivity contribution is 5.73. The van der Waals surface area contributed by atoms with E-state index in [1.807, 2.05) is 0 Å². The van der Waals surface area contributed by atoms with Crippen molar-refractivity contribution >= 4 is 11.4 Å². The van der Waals surface area contributed by atoms with Crippen LogP contribution in [0, 0.1) is 17.8 Å². The molecule has 0 aromatic carbocycles. The topological polar surface area (TPSA) is 74.0 Å². The van der Waals surface area contributed by atoms with Gasteiger partial charge >= 0.3 is 11.9 Å². The van der Waals surface area contributed by atoms with Crippen molar-refractivity contribution in [2.75, 3.05) is 26.8 Å². The van der Waals surface area contributed by atoms with Crippen LogP contribution in [0.2, 0.25) is 0 Å². The van der Waals surface area contributed by atoms with Crippen molar-refractivity contribution in [1.82, 2.24) is 29.6 Å². The van der Waals surface area contributed by atoms with Gasteiger partial charge in [0.05, 0.1) is 23.9 Å². The summed E-state index contributed by atoms with van der Waals surface area (Å²) in [6, 6.07) is 1.07. The second kappa shape index (κ2) is 10.2. The van der Waals surface area contributed by atoms with Gasteiger partial charge in [-0.3, -0.25) is 18.7 Å². The van der Waals surface area contributed by atoms with Gasteiger partial charge in [-0.25, -0.2) is 15.6 Å². The van der Waals surface area contributed by atoms with Crippen LogP contribution in [-0.2, 0) is 11.0 Å². The number of carbonyl (C=O) groups is 1. The maximum absolute atomic E-state index is 14.3. The van der Waals surface area contributed by atoms with Crippen molar-refractivity contribution in [3.8, 4) is 0 Å². The largest absolute Gasteiger partial charge is 0.418 e. The molecule has 4 fully saturated rings. The van der Waals surface area contributed by atoms with Gasteiger partial charge < -0.3 is 4.90 Å². The van der Waals surface area contributed by atoms with Gasteiger partial charge in [0, 0.05) is 44.4 Å². The maximum Gasteiger partial charge on any atom is 0.418 e. The molecule has 2 aliphatic heterocycles. The molecule has 2 aromatic rings. The number of aromatic nitrogens is 2. The van der Waals surface area contributed by atoms with E-state index in [4.69, 9.17) is 0 Å². The van der Waals surface area contributed by atoms with Crippen LogP contribution in [0.25, 0.3) is 5.52 Å². The molecular weight excluding hydrogens is 509 g/mol. The molecule has 1 amide bonds. The van der Waals surface area contributed by atoms with Crippen LogP contribution >= 0.6 is 0 Å². The Bertz CT molecular complexity index is 1280. The standard InChI is InChI=1S/C28H39F3N6O2/c1-17(38)35-10-9-20(13-35)21-12-23(28(29,30)31)24-15-36(27(39)37(24)14-21)22-8-4-7-19(11-22)25(18-5-3-6-18)26-33-32-16-34(26)2/h12,14-15,18-20,22,25-26,32-33H,3-11,13,16H2,1-2H3/t19?,20-,22?,25-,26?/m1/s1. The summed E-state index contributed by atoms with van der Waals surface area (Å²) in [5.74, 6) is 1.18. The Hall–Kier alpha value is -2.37. The van der Waals surface area contributed by atoms with E-state index in [1.165, 1.54) is 42.9 Å². The summed E-state index contributed by atoms with van der Waals surface area (Å²) in [4.78, 5) is 29.5. The van der Waals surface area contributed by atoms with Gasteiger partial charge in [-0.15, -0.1) is 0 Å². The summed E-state index contributed by atoms with van der Waals surface area (Å²) in [7, 11) is 2.12. The van der Waals surface area contributed by atoms with E-state index in [9.17, 15) is 22.8 Å². The summed E-state index contributed by atoms with van der Waals surface area (Å²) in [6.45, 7) is 3.14. The molecule has 0 bridgehead atoms. The van der Waals surface area contributed by atoms with Crippen LogP contribution in [0.5, 0.6) is 0 Å². The molecule has 6 rings (SSSR count). The summed E-state index contributed by atoms with van der Waals surface area (Å²) in [6.07, 6.45) is 6.56. The molecule has 2 N–H and O–H groups in total. The van der Waals surface area contributed by atoms with Crippen LogP contribution in [0.3, 0.4) is 0 Å². The number of nitrogens with zero attached hydrogens (tertiary/aromatic N) is 4. The molecule has 0 radical (unpaired) electrons. The van der Waals surface area contributed by atoms with E-state index < -0.39 is 17.4 Å². The van der Waals surface area contributed by atoms with Crippen LogP contribution < -0.4 is 16.5 Å². The third-order valence-electron chi connectivity index (χ3n) is 9.96. The summed E-state index contributed by atoms with van der Waals surface area (Å²) in [5, 5.41) is 0. The van der Waals surface area contributed by atoms with E-state index >= 15 is 0 Å². The van der Waals surface area contributed by atoms with E-state index in [2.05, 4.69) is 22.8 Å². The predicted molar refractivity (Wildman–Crippen MR) is 141 cm³/mol. The molecule has 39 heavy (non-hydrogen) atoms. The van der Waals surface area contributed by atoms with Gasteiger partial charge in [-0.05, 0) is 62.1 Å². The highest BCUT2D eigenvalue weighted by Gasteiger charge is 2.44. The smallest absolute Gasteiger partial charge is 0.342 e. The minimum Gasteiger partial charge on any atom is -0.342 e. The molecule has 4 heterocycles. The first-order valence-electron chi connectivity index (χ1n) is 14.4. The first-order valence-corrected chi connectivity index (χ1v) is 14.4. The zero-order valence-electron chi connectivity index (χ0n) is 22.7. The van der Waals surface area contributed by atoms with Crippen LogP contribution in [0.4, 0.5) is 13.2 Å². The molecule has 4 aliphatic rings.